The highest BCUT2D eigenvalue weighted by Gasteiger charge is 2.50. The topological polar surface area (TPSA) is 66.5 Å². The average Bonchev–Trinajstić information content (AvgIpc) is 2.86. The highest BCUT2D eigenvalue weighted by atomic mass is 16.6. The van der Waals surface area contributed by atoms with Crippen LogP contribution in [-0.4, -0.2) is 77.3 Å². The molecule has 1 aromatic rings. The Hall–Kier alpha value is -1.83. The zero-order valence-electron chi connectivity index (χ0n) is 21.3. The first kappa shape index (κ1) is 24.8. The third-order valence-electron chi connectivity index (χ3n) is 8.70. The van der Waals surface area contributed by atoms with Crippen LogP contribution in [0.2, 0.25) is 0 Å². The van der Waals surface area contributed by atoms with Crippen LogP contribution >= 0.6 is 0 Å². The second-order valence-electron chi connectivity index (χ2n) is 11.3. The molecule has 1 atom stereocenters. The van der Waals surface area contributed by atoms with Crippen molar-refractivity contribution < 1.29 is 28.5 Å². The van der Waals surface area contributed by atoms with Gasteiger partial charge in [-0.2, -0.15) is 0 Å². The van der Waals surface area contributed by atoms with Crippen molar-refractivity contribution in [1.82, 2.24) is 4.90 Å². The molecule has 1 unspecified atom stereocenters. The average molecular weight is 488 g/mol. The summed E-state index contributed by atoms with van der Waals surface area (Å²) in [6.07, 6.45) is 9.40. The second kappa shape index (κ2) is 11.1. The monoisotopic (exact) mass is 487 g/mol. The fraction of sp³-hybridized carbons (Fsp3) is 0.750. The normalized spacial score (nSPS) is 30.7. The molecule has 7 heteroatoms. The number of morpholine rings is 1. The molecule has 1 aliphatic heterocycles. The lowest BCUT2D eigenvalue weighted by Crippen LogP contribution is -2.46. The van der Waals surface area contributed by atoms with Crippen LogP contribution in [0, 0.1) is 23.2 Å². The molecule has 4 saturated carbocycles. The Balaban J connectivity index is 1.17. The van der Waals surface area contributed by atoms with E-state index in [1.807, 2.05) is 0 Å². The Bertz CT molecular complexity index is 832. The van der Waals surface area contributed by atoms with E-state index in [2.05, 4.69) is 4.90 Å². The summed E-state index contributed by atoms with van der Waals surface area (Å²) in [5, 5.41) is 0. The first-order valence-electron chi connectivity index (χ1n) is 13.4. The number of methoxy groups -OCH3 is 2. The van der Waals surface area contributed by atoms with Crippen LogP contribution in [0.15, 0.2) is 18.2 Å². The van der Waals surface area contributed by atoms with E-state index in [0.717, 1.165) is 43.9 Å². The number of hydrogen-bond acceptors (Lipinski definition) is 7. The van der Waals surface area contributed by atoms with Crippen LogP contribution in [-0.2, 0) is 14.2 Å². The molecule has 35 heavy (non-hydrogen) atoms. The van der Waals surface area contributed by atoms with Crippen LogP contribution in [0.4, 0.5) is 0 Å². The Kier molecular flexibility index (Phi) is 7.85. The molecule has 0 amide bonds. The standard InChI is InChI=1S/C28H41NO6/c1-31-25-4-3-23(14-26(25)32-2)27(30)35-24(18-29-6-9-33-10-7-29)19-34-8-5-28-15-20-11-21(16-28)13-22(12-20)17-28/h3-4,14,20-22,24H,5-13,15-19H2,1-2H3. The van der Waals surface area contributed by atoms with Gasteiger partial charge in [-0.15, -0.1) is 0 Å². The molecule has 1 heterocycles. The van der Waals surface area contributed by atoms with Crippen molar-refractivity contribution in [3.05, 3.63) is 23.8 Å². The van der Waals surface area contributed by atoms with E-state index in [4.69, 9.17) is 23.7 Å². The summed E-state index contributed by atoms with van der Waals surface area (Å²) in [7, 11) is 3.14. The van der Waals surface area contributed by atoms with Gasteiger partial charge in [0.2, 0.25) is 0 Å². The fourth-order valence-corrected chi connectivity index (χ4v) is 7.48. The minimum atomic E-state index is -0.367. The molecule has 1 saturated heterocycles. The summed E-state index contributed by atoms with van der Waals surface area (Å²) in [5.41, 5.74) is 0.952. The zero-order valence-corrected chi connectivity index (χ0v) is 21.3. The molecule has 0 radical (unpaired) electrons. The van der Waals surface area contributed by atoms with E-state index in [-0.39, 0.29) is 12.1 Å². The van der Waals surface area contributed by atoms with Crippen molar-refractivity contribution in [2.24, 2.45) is 23.2 Å². The molecule has 5 aliphatic rings. The minimum Gasteiger partial charge on any atom is -0.493 e. The van der Waals surface area contributed by atoms with Crippen molar-refractivity contribution >= 4 is 5.97 Å². The number of hydrogen-bond donors (Lipinski definition) is 0. The minimum absolute atomic E-state index is 0.329. The SMILES string of the molecule is COc1ccc(C(=O)OC(COCCC23CC4CC(CC(C4)C2)C3)CN2CCOCC2)cc1OC. The van der Waals surface area contributed by atoms with Gasteiger partial charge in [0.25, 0.3) is 0 Å². The molecule has 0 aromatic heterocycles. The van der Waals surface area contributed by atoms with Crippen LogP contribution in [0.3, 0.4) is 0 Å². The molecule has 4 bridgehead atoms. The summed E-state index contributed by atoms with van der Waals surface area (Å²) in [6.45, 7) is 4.93. The summed E-state index contributed by atoms with van der Waals surface area (Å²) in [5.74, 6) is 3.60. The summed E-state index contributed by atoms with van der Waals surface area (Å²) >= 11 is 0. The van der Waals surface area contributed by atoms with Crippen LogP contribution < -0.4 is 9.47 Å². The number of carbonyl (C=O) groups excluding carboxylic acids is 1. The largest absolute Gasteiger partial charge is 0.493 e. The zero-order chi connectivity index (χ0) is 24.3. The van der Waals surface area contributed by atoms with Gasteiger partial charge in [0, 0.05) is 26.2 Å². The predicted octanol–water partition coefficient (Wildman–Crippen LogP) is 4.18. The molecule has 7 nitrogen and oxygen atoms in total. The van der Waals surface area contributed by atoms with Gasteiger partial charge in [-0.05, 0) is 86.3 Å². The molecular weight excluding hydrogens is 446 g/mol. The van der Waals surface area contributed by atoms with Crippen LogP contribution in [0.1, 0.15) is 55.3 Å². The third-order valence-corrected chi connectivity index (χ3v) is 8.70. The Morgan fingerprint density at radius 2 is 1.69 bits per heavy atom. The first-order valence-corrected chi connectivity index (χ1v) is 13.4. The molecule has 0 spiro atoms. The molecule has 6 rings (SSSR count). The smallest absolute Gasteiger partial charge is 0.338 e. The van der Waals surface area contributed by atoms with Crippen LogP contribution in [0.5, 0.6) is 11.5 Å². The van der Waals surface area contributed by atoms with Gasteiger partial charge in [0.15, 0.2) is 11.5 Å². The maximum Gasteiger partial charge on any atom is 0.338 e. The number of carbonyl (C=O) groups is 1. The van der Waals surface area contributed by atoms with Crippen molar-refractivity contribution in [3.63, 3.8) is 0 Å². The fourth-order valence-electron chi connectivity index (χ4n) is 7.48. The number of esters is 1. The lowest BCUT2D eigenvalue weighted by Gasteiger charge is -2.57. The first-order chi connectivity index (χ1) is 17.1. The third kappa shape index (κ3) is 5.95. The van der Waals surface area contributed by atoms with Crippen molar-refractivity contribution in [2.45, 2.75) is 51.0 Å². The second-order valence-corrected chi connectivity index (χ2v) is 11.3. The van der Waals surface area contributed by atoms with E-state index in [9.17, 15) is 4.79 Å². The Morgan fingerprint density at radius 3 is 2.31 bits per heavy atom. The molecule has 5 fully saturated rings. The van der Waals surface area contributed by atoms with Crippen molar-refractivity contribution in [3.8, 4) is 11.5 Å². The van der Waals surface area contributed by atoms with E-state index in [0.29, 0.717) is 48.8 Å². The van der Waals surface area contributed by atoms with Gasteiger partial charge in [0.05, 0.1) is 39.6 Å². The van der Waals surface area contributed by atoms with E-state index in [1.165, 1.54) is 38.5 Å². The Morgan fingerprint density at radius 1 is 1.03 bits per heavy atom. The van der Waals surface area contributed by atoms with E-state index >= 15 is 0 Å². The van der Waals surface area contributed by atoms with E-state index in [1.54, 1.807) is 32.4 Å². The van der Waals surface area contributed by atoms with Gasteiger partial charge in [-0.1, -0.05) is 0 Å². The van der Waals surface area contributed by atoms with Gasteiger partial charge in [-0.25, -0.2) is 4.79 Å². The molecule has 0 N–H and O–H groups in total. The highest BCUT2D eigenvalue weighted by molar-refractivity contribution is 5.90. The van der Waals surface area contributed by atoms with Crippen LogP contribution in [0.25, 0.3) is 0 Å². The van der Waals surface area contributed by atoms with Gasteiger partial charge in [0.1, 0.15) is 6.10 Å². The lowest BCUT2D eigenvalue weighted by atomic mass is 9.49. The number of ether oxygens (including phenoxy) is 5. The number of nitrogens with zero attached hydrogens (tertiary/aromatic N) is 1. The maximum atomic E-state index is 13.0. The molecule has 4 aliphatic carbocycles. The molecule has 194 valence electrons. The predicted molar refractivity (Wildman–Crippen MR) is 132 cm³/mol. The highest BCUT2D eigenvalue weighted by Crippen LogP contribution is 2.61. The Labute approximate surface area is 209 Å². The summed E-state index contributed by atoms with van der Waals surface area (Å²) in [6, 6.07) is 5.11. The maximum absolute atomic E-state index is 13.0. The van der Waals surface area contributed by atoms with Crippen molar-refractivity contribution in [2.75, 3.05) is 60.3 Å². The quantitative estimate of drug-likeness (QED) is 0.343. The van der Waals surface area contributed by atoms with Crippen molar-refractivity contribution in [1.29, 1.82) is 0 Å². The van der Waals surface area contributed by atoms with E-state index < -0.39 is 0 Å². The van der Waals surface area contributed by atoms with Gasteiger partial charge in [-0.3, -0.25) is 4.90 Å². The van der Waals surface area contributed by atoms with Gasteiger partial charge >= 0.3 is 5.97 Å². The van der Waals surface area contributed by atoms with Gasteiger partial charge < -0.3 is 23.7 Å². The number of benzene rings is 1. The lowest BCUT2D eigenvalue weighted by molar-refractivity contribution is -0.0768. The molecule has 1 aromatic carbocycles. The molecular formula is C28H41NO6. The summed E-state index contributed by atoms with van der Waals surface area (Å²) < 4.78 is 28.3. The summed E-state index contributed by atoms with van der Waals surface area (Å²) in [4.78, 5) is 15.3. The number of rotatable bonds is 11.